The Morgan fingerprint density at radius 1 is 1.03 bits per heavy atom. The van der Waals surface area contributed by atoms with Gasteiger partial charge < -0.3 is 9.47 Å². The number of hydrogen-bond donors (Lipinski definition) is 1. The summed E-state index contributed by atoms with van der Waals surface area (Å²) in [4.78, 5) is 16.9. The van der Waals surface area contributed by atoms with Gasteiger partial charge in [-0.3, -0.25) is 5.43 Å². The van der Waals surface area contributed by atoms with Gasteiger partial charge in [-0.1, -0.05) is 48.0 Å². The molecular weight excluding hydrogens is 422 g/mol. The first-order valence-corrected chi connectivity index (χ1v) is 10.8. The smallest absolute Gasteiger partial charge is 0.343 e. The van der Waals surface area contributed by atoms with Crippen molar-refractivity contribution in [2.45, 2.75) is 6.92 Å². The Labute approximate surface area is 190 Å². The van der Waals surface area contributed by atoms with Crippen LogP contribution < -0.4 is 14.9 Å². The van der Waals surface area contributed by atoms with E-state index in [1.807, 2.05) is 54.8 Å². The Morgan fingerprint density at radius 2 is 1.81 bits per heavy atom. The van der Waals surface area contributed by atoms with Gasteiger partial charge in [-0.2, -0.15) is 5.10 Å². The number of anilines is 1. The summed E-state index contributed by atoms with van der Waals surface area (Å²) in [6, 6.07) is 22.4. The van der Waals surface area contributed by atoms with Crippen LogP contribution in [0.2, 0.25) is 0 Å². The van der Waals surface area contributed by atoms with Crippen LogP contribution in [0.1, 0.15) is 21.5 Å². The van der Waals surface area contributed by atoms with Crippen molar-refractivity contribution in [3.8, 4) is 22.8 Å². The lowest BCUT2D eigenvalue weighted by Gasteiger charge is -2.10. The van der Waals surface area contributed by atoms with Gasteiger partial charge in [0.15, 0.2) is 11.5 Å². The molecule has 0 saturated heterocycles. The number of aryl methyl sites for hydroxylation is 1. The fourth-order valence-corrected chi connectivity index (χ4v) is 3.59. The first kappa shape index (κ1) is 21.3. The van der Waals surface area contributed by atoms with Crippen molar-refractivity contribution in [3.05, 3.63) is 94.9 Å². The largest absolute Gasteiger partial charge is 0.493 e. The summed E-state index contributed by atoms with van der Waals surface area (Å²) in [5.41, 5.74) is 7.23. The first-order chi connectivity index (χ1) is 15.6. The number of aromatic nitrogens is 1. The van der Waals surface area contributed by atoms with Gasteiger partial charge in [-0.05, 0) is 42.8 Å². The van der Waals surface area contributed by atoms with E-state index in [0.29, 0.717) is 22.2 Å². The van der Waals surface area contributed by atoms with E-state index in [1.165, 1.54) is 18.4 Å². The number of nitrogens with one attached hydrogen (secondary N) is 1. The topological polar surface area (TPSA) is 72.8 Å². The van der Waals surface area contributed by atoms with Crippen molar-refractivity contribution >= 4 is 28.7 Å². The summed E-state index contributed by atoms with van der Waals surface area (Å²) >= 11 is 1.48. The molecule has 0 aliphatic carbocycles. The monoisotopic (exact) mass is 443 g/mol. The van der Waals surface area contributed by atoms with Crippen LogP contribution >= 0.6 is 11.3 Å². The van der Waals surface area contributed by atoms with Crippen LogP contribution in [0.15, 0.2) is 83.3 Å². The van der Waals surface area contributed by atoms with Crippen LogP contribution in [0, 0.1) is 6.92 Å². The summed E-state index contributed by atoms with van der Waals surface area (Å²) in [6.07, 6.45) is 1.65. The molecule has 3 aromatic carbocycles. The molecule has 0 aliphatic rings. The number of thiazole rings is 1. The summed E-state index contributed by atoms with van der Waals surface area (Å²) in [6.45, 7) is 1.96. The zero-order valence-corrected chi connectivity index (χ0v) is 18.4. The molecule has 0 amide bonds. The Balaban J connectivity index is 1.41. The van der Waals surface area contributed by atoms with E-state index >= 15 is 0 Å². The van der Waals surface area contributed by atoms with Crippen molar-refractivity contribution in [1.82, 2.24) is 4.98 Å². The molecule has 1 N–H and O–H groups in total. The molecule has 4 aromatic rings. The third-order valence-corrected chi connectivity index (χ3v) is 5.37. The maximum absolute atomic E-state index is 12.4. The Kier molecular flexibility index (Phi) is 6.57. The van der Waals surface area contributed by atoms with Crippen LogP contribution in [0.4, 0.5) is 5.13 Å². The lowest BCUT2D eigenvalue weighted by Crippen LogP contribution is -2.09. The third-order valence-electron chi connectivity index (χ3n) is 4.63. The number of methoxy groups -OCH3 is 1. The van der Waals surface area contributed by atoms with Crippen molar-refractivity contribution < 1.29 is 14.3 Å². The molecule has 32 heavy (non-hydrogen) atoms. The Hall–Kier alpha value is -3.97. The second-order valence-electron chi connectivity index (χ2n) is 6.94. The van der Waals surface area contributed by atoms with Crippen LogP contribution in [0.5, 0.6) is 11.5 Å². The van der Waals surface area contributed by atoms with Gasteiger partial charge >= 0.3 is 5.97 Å². The molecular formula is C25H21N3O3S. The molecule has 0 saturated carbocycles. The van der Waals surface area contributed by atoms with Crippen molar-refractivity contribution in [2.75, 3.05) is 12.5 Å². The number of carbonyl (C=O) groups is 1. The molecule has 1 aromatic heterocycles. The average molecular weight is 444 g/mol. The summed E-state index contributed by atoms with van der Waals surface area (Å²) in [5.74, 6) is 0.343. The molecule has 160 valence electrons. The second-order valence-corrected chi connectivity index (χ2v) is 7.80. The molecule has 0 bridgehead atoms. The highest BCUT2D eigenvalue weighted by Gasteiger charge is 2.12. The number of nitrogens with zero attached hydrogens (tertiary/aromatic N) is 2. The lowest BCUT2D eigenvalue weighted by atomic mass is 10.1. The Bertz CT molecular complexity index is 1240. The zero-order chi connectivity index (χ0) is 22.3. The zero-order valence-electron chi connectivity index (χ0n) is 17.6. The number of rotatable bonds is 7. The minimum atomic E-state index is -0.440. The van der Waals surface area contributed by atoms with Crippen LogP contribution in [-0.4, -0.2) is 24.3 Å². The van der Waals surface area contributed by atoms with E-state index in [4.69, 9.17) is 9.47 Å². The molecule has 0 atom stereocenters. The number of carbonyl (C=O) groups excluding carboxylic acids is 1. The number of hydrazone groups is 1. The van der Waals surface area contributed by atoms with Gasteiger partial charge in [0.1, 0.15) is 0 Å². The van der Waals surface area contributed by atoms with Gasteiger partial charge in [0.2, 0.25) is 5.13 Å². The van der Waals surface area contributed by atoms with E-state index in [-0.39, 0.29) is 0 Å². The van der Waals surface area contributed by atoms with Crippen LogP contribution in [0.3, 0.4) is 0 Å². The minimum absolute atomic E-state index is 0.343. The van der Waals surface area contributed by atoms with Gasteiger partial charge in [-0.15, -0.1) is 11.3 Å². The summed E-state index contributed by atoms with van der Waals surface area (Å²) in [7, 11) is 1.53. The predicted octanol–water partition coefficient (Wildman–Crippen LogP) is 5.79. The van der Waals surface area contributed by atoms with Crippen molar-refractivity contribution in [3.63, 3.8) is 0 Å². The van der Waals surface area contributed by atoms with Gasteiger partial charge in [0, 0.05) is 10.9 Å². The quantitative estimate of drug-likeness (QED) is 0.169. The summed E-state index contributed by atoms with van der Waals surface area (Å²) < 4.78 is 10.9. The highest BCUT2D eigenvalue weighted by molar-refractivity contribution is 7.14. The number of hydrogen-bond acceptors (Lipinski definition) is 7. The predicted molar refractivity (Wildman–Crippen MR) is 128 cm³/mol. The molecule has 0 unspecified atom stereocenters. The van der Waals surface area contributed by atoms with Crippen molar-refractivity contribution in [1.29, 1.82) is 0 Å². The standard InChI is InChI=1S/C25H21N3O3S/c1-17-8-11-20(12-9-17)24(29)31-22-13-10-18(14-23(22)30-2)15-26-28-25-27-21(16-32-25)19-6-4-3-5-7-19/h3-16H,1-2H3,(H,27,28). The molecule has 0 aliphatic heterocycles. The van der Waals surface area contributed by atoms with E-state index < -0.39 is 5.97 Å². The number of esters is 1. The fraction of sp³-hybridized carbons (Fsp3) is 0.0800. The lowest BCUT2D eigenvalue weighted by molar-refractivity contribution is 0.0729. The van der Waals surface area contributed by atoms with E-state index in [2.05, 4.69) is 15.5 Å². The normalized spacial score (nSPS) is 10.8. The molecule has 4 rings (SSSR count). The summed E-state index contributed by atoms with van der Waals surface area (Å²) in [5, 5.41) is 6.92. The molecule has 6 nitrogen and oxygen atoms in total. The maximum Gasteiger partial charge on any atom is 0.343 e. The minimum Gasteiger partial charge on any atom is -0.493 e. The average Bonchev–Trinajstić information content (AvgIpc) is 3.30. The number of ether oxygens (including phenoxy) is 2. The fourth-order valence-electron chi connectivity index (χ4n) is 2.93. The van der Waals surface area contributed by atoms with Gasteiger partial charge in [0.05, 0.1) is 24.6 Å². The molecule has 0 fully saturated rings. The molecule has 0 spiro atoms. The van der Waals surface area contributed by atoms with Crippen molar-refractivity contribution in [2.24, 2.45) is 5.10 Å². The van der Waals surface area contributed by atoms with E-state index in [0.717, 1.165) is 22.4 Å². The van der Waals surface area contributed by atoms with E-state index in [1.54, 1.807) is 36.5 Å². The van der Waals surface area contributed by atoms with Crippen LogP contribution in [0.25, 0.3) is 11.3 Å². The highest BCUT2D eigenvalue weighted by atomic mass is 32.1. The van der Waals surface area contributed by atoms with E-state index in [9.17, 15) is 4.79 Å². The maximum atomic E-state index is 12.4. The first-order valence-electron chi connectivity index (χ1n) is 9.89. The second kappa shape index (κ2) is 9.89. The SMILES string of the molecule is COc1cc(C=NNc2nc(-c3ccccc3)cs2)ccc1OC(=O)c1ccc(C)cc1. The molecule has 0 radical (unpaired) electrons. The number of benzene rings is 3. The van der Waals surface area contributed by atoms with Gasteiger partial charge in [0.25, 0.3) is 0 Å². The third kappa shape index (κ3) is 5.19. The Morgan fingerprint density at radius 3 is 2.56 bits per heavy atom. The highest BCUT2D eigenvalue weighted by Crippen LogP contribution is 2.29. The van der Waals surface area contributed by atoms with Crippen LogP contribution in [-0.2, 0) is 0 Å². The van der Waals surface area contributed by atoms with Gasteiger partial charge in [-0.25, -0.2) is 9.78 Å². The molecule has 7 heteroatoms. The molecule has 1 heterocycles.